The van der Waals surface area contributed by atoms with Crippen LogP contribution in [0, 0.1) is 5.41 Å². The van der Waals surface area contributed by atoms with Crippen molar-refractivity contribution in [1.29, 1.82) is 5.41 Å². The molecule has 0 radical (unpaired) electrons. The highest BCUT2D eigenvalue weighted by molar-refractivity contribution is 8.27. The lowest BCUT2D eigenvalue weighted by Gasteiger charge is -2.20. The van der Waals surface area contributed by atoms with Crippen LogP contribution in [0.5, 0.6) is 11.5 Å². The number of alkyl halides is 3. The highest BCUT2D eigenvalue weighted by Crippen LogP contribution is 2.36. The van der Waals surface area contributed by atoms with Gasteiger partial charge in [-0.1, -0.05) is 0 Å². The Hall–Kier alpha value is -2.82. The molecule has 0 saturated carbocycles. The van der Waals surface area contributed by atoms with Gasteiger partial charge in [-0.2, -0.15) is 28.3 Å². The van der Waals surface area contributed by atoms with E-state index in [1.165, 1.54) is 20.3 Å². The summed E-state index contributed by atoms with van der Waals surface area (Å²) in [4.78, 5) is 15.8. The molecule has 0 atom stereocenters. The number of hydrogen-bond donors (Lipinski definition) is 1. The van der Waals surface area contributed by atoms with Crippen molar-refractivity contribution in [3.05, 3.63) is 29.3 Å². The van der Waals surface area contributed by atoms with Gasteiger partial charge in [0.05, 0.1) is 19.8 Å². The molecule has 3 rings (SSSR count). The minimum atomic E-state index is -4.69. The van der Waals surface area contributed by atoms with Crippen molar-refractivity contribution in [3.63, 3.8) is 0 Å². The molecule has 0 aromatic heterocycles. The first-order valence-electron chi connectivity index (χ1n) is 7.04. The summed E-state index contributed by atoms with van der Waals surface area (Å²) < 4.78 is 48.8. The topological polar surface area (TPSA) is 87.3 Å². The van der Waals surface area contributed by atoms with Crippen molar-refractivity contribution < 1.29 is 27.4 Å². The lowest BCUT2D eigenvalue weighted by molar-refractivity contribution is -0.114. The Morgan fingerprint density at radius 3 is 2.62 bits per heavy atom. The fraction of sp³-hybridized carbons (Fsp3) is 0.200. The van der Waals surface area contributed by atoms with Gasteiger partial charge in [-0.15, -0.1) is 0 Å². The minimum Gasteiger partial charge on any atom is -0.497 e. The van der Waals surface area contributed by atoms with Crippen LogP contribution in [0.3, 0.4) is 0 Å². The van der Waals surface area contributed by atoms with Crippen LogP contribution in [0.25, 0.3) is 6.08 Å². The fourth-order valence-electron chi connectivity index (χ4n) is 2.21. The third-order valence-electron chi connectivity index (χ3n) is 3.43. The Labute approximate surface area is 149 Å². The number of aliphatic imine (C=N–C) groups is 1. The normalized spacial score (nSPS) is 18.7. The van der Waals surface area contributed by atoms with Crippen molar-refractivity contribution in [2.75, 3.05) is 14.2 Å². The first-order chi connectivity index (χ1) is 12.2. The molecule has 1 amide bonds. The predicted octanol–water partition coefficient (Wildman–Crippen LogP) is 2.89. The second-order valence-electron chi connectivity index (χ2n) is 5.03. The molecule has 136 valence electrons. The van der Waals surface area contributed by atoms with Crippen LogP contribution in [0.1, 0.15) is 5.56 Å². The Kier molecular flexibility index (Phi) is 4.48. The summed E-state index contributed by atoms with van der Waals surface area (Å²) in [6, 6.07) is 4.80. The van der Waals surface area contributed by atoms with E-state index in [4.69, 9.17) is 14.9 Å². The molecule has 0 aliphatic carbocycles. The summed E-state index contributed by atoms with van der Waals surface area (Å²) >= 11 is 0.198. The van der Waals surface area contributed by atoms with E-state index in [0.29, 0.717) is 22.1 Å². The Morgan fingerprint density at radius 1 is 1.27 bits per heavy atom. The van der Waals surface area contributed by atoms with E-state index in [1.54, 1.807) is 18.2 Å². The van der Waals surface area contributed by atoms with Crippen LogP contribution in [0.2, 0.25) is 0 Å². The molecule has 7 nitrogen and oxygen atoms in total. The van der Waals surface area contributed by atoms with Crippen molar-refractivity contribution in [3.8, 4) is 11.5 Å². The van der Waals surface area contributed by atoms with Gasteiger partial charge in [-0.25, -0.2) is 0 Å². The number of benzene rings is 1. The number of hydrogen-bond acceptors (Lipinski definition) is 6. The van der Waals surface area contributed by atoms with Gasteiger partial charge in [0.2, 0.25) is 10.2 Å². The Bertz CT molecular complexity index is 893. The van der Waals surface area contributed by atoms with E-state index in [0.717, 1.165) is 0 Å². The lowest BCUT2D eigenvalue weighted by atomic mass is 10.1. The first-order valence-corrected chi connectivity index (χ1v) is 7.85. The SMILES string of the molecule is COc1ccc(OC)c(C=C2C(=N)N3N=C(C(F)(F)F)SC3=NC2=O)c1. The molecule has 0 spiro atoms. The standard InChI is InChI=1S/C15H11F3N4O3S/c1-24-8-3-4-10(25-2)7(5-8)6-9-11(19)22-14(20-12(9)23)26-13(21-22)15(16,17)18/h3-6,19H,1-2H3. The molecular formula is C15H11F3N4O3S. The molecule has 2 aliphatic rings. The van der Waals surface area contributed by atoms with Crippen molar-refractivity contribution in [1.82, 2.24) is 5.01 Å². The zero-order valence-electron chi connectivity index (χ0n) is 13.4. The predicted molar refractivity (Wildman–Crippen MR) is 90.6 cm³/mol. The largest absolute Gasteiger partial charge is 0.497 e. The molecule has 2 heterocycles. The molecule has 1 N–H and O–H groups in total. The average Bonchev–Trinajstić information content (AvgIpc) is 3.02. The average molecular weight is 384 g/mol. The highest BCUT2D eigenvalue weighted by Gasteiger charge is 2.46. The fourth-order valence-corrected chi connectivity index (χ4v) is 2.97. The Balaban J connectivity index is 2.03. The molecule has 1 aromatic rings. The number of amides is 1. The molecule has 26 heavy (non-hydrogen) atoms. The maximum atomic E-state index is 12.8. The number of thioether (sulfide) groups is 1. The molecule has 1 aromatic carbocycles. The van der Waals surface area contributed by atoms with Gasteiger partial charge in [0.15, 0.2) is 5.84 Å². The van der Waals surface area contributed by atoms with Crippen molar-refractivity contribution in [2.24, 2.45) is 10.1 Å². The number of carbonyl (C=O) groups is 1. The summed E-state index contributed by atoms with van der Waals surface area (Å²) in [6.45, 7) is 0. The number of ether oxygens (including phenoxy) is 2. The van der Waals surface area contributed by atoms with Crippen LogP contribution in [0.15, 0.2) is 33.9 Å². The Morgan fingerprint density at radius 2 is 2.00 bits per heavy atom. The van der Waals surface area contributed by atoms with Gasteiger partial charge in [0, 0.05) is 5.56 Å². The summed E-state index contributed by atoms with van der Waals surface area (Å²) in [7, 11) is 2.88. The van der Waals surface area contributed by atoms with E-state index < -0.39 is 23.0 Å². The summed E-state index contributed by atoms with van der Waals surface area (Å²) in [5.41, 5.74) is 0.193. The van der Waals surface area contributed by atoms with Crippen LogP contribution >= 0.6 is 11.8 Å². The number of fused-ring (bicyclic) bond motifs is 1. The third kappa shape index (κ3) is 3.17. The second kappa shape index (κ2) is 6.48. The highest BCUT2D eigenvalue weighted by atomic mass is 32.2. The monoisotopic (exact) mass is 384 g/mol. The number of methoxy groups -OCH3 is 2. The molecular weight excluding hydrogens is 373 g/mol. The van der Waals surface area contributed by atoms with E-state index in [-0.39, 0.29) is 22.5 Å². The van der Waals surface area contributed by atoms with Crippen LogP contribution in [-0.2, 0) is 4.79 Å². The van der Waals surface area contributed by atoms with E-state index in [1.807, 2.05) is 0 Å². The van der Waals surface area contributed by atoms with Gasteiger partial charge in [0.1, 0.15) is 11.5 Å². The zero-order valence-corrected chi connectivity index (χ0v) is 14.2. The molecule has 0 fully saturated rings. The van der Waals surface area contributed by atoms with Crippen LogP contribution in [0.4, 0.5) is 13.2 Å². The molecule has 2 aliphatic heterocycles. The van der Waals surface area contributed by atoms with Gasteiger partial charge < -0.3 is 9.47 Å². The first kappa shape index (κ1) is 18.0. The van der Waals surface area contributed by atoms with Gasteiger partial charge in [-0.05, 0) is 36.0 Å². The molecule has 0 bridgehead atoms. The van der Waals surface area contributed by atoms with E-state index in [2.05, 4.69) is 10.1 Å². The number of hydrazone groups is 1. The smallest absolute Gasteiger partial charge is 0.441 e. The minimum absolute atomic E-state index is 0.198. The van der Waals surface area contributed by atoms with E-state index in [9.17, 15) is 18.0 Å². The number of rotatable bonds is 3. The number of carbonyl (C=O) groups excluding carboxylic acids is 1. The van der Waals surface area contributed by atoms with Gasteiger partial charge >= 0.3 is 6.18 Å². The molecule has 0 saturated heterocycles. The number of nitrogens with one attached hydrogen (secondary N) is 1. The molecule has 11 heteroatoms. The number of amidine groups is 2. The summed E-state index contributed by atoms with van der Waals surface area (Å²) in [5.74, 6) is -0.469. The summed E-state index contributed by atoms with van der Waals surface area (Å²) in [6.07, 6.45) is -3.38. The van der Waals surface area contributed by atoms with Crippen molar-refractivity contribution in [2.45, 2.75) is 6.18 Å². The van der Waals surface area contributed by atoms with Crippen LogP contribution in [-0.4, -0.2) is 47.4 Å². The molecule has 0 unspecified atom stereocenters. The number of nitrogens with zero attached hydrogens (tertiary/aromatic N) is 3. The van der Waals surface area contributed by atoms with Gasteiger partial charge in [-0.3, -0.25) is 10.2 Å². The third-order valence-corrected chi connectivity index (χ3v) is 4.39. The maximum Gasteiger partial charge on any atom is 0.441 e. The van der Waals surface area contributed by atoms with Crippen molar-refractivity contribution >= 4 is 39.8 Å². The van der Waals surface area contributed by atoms with Gasteiger partial charge in [0.25, 0.3) is 5.91 Å². The number of halogens is 3. The lowest BCUT2D eigenvalue weighted by Crippen LogP contribution is -2.35. The van der Waals surface area contributed by atoms with Crippen LogP contribution < -0.4 is 9.47 Å². The second-order valence-corrected chi connectivity index (χ2v) is 5.99. The zero-order chi connectivity index (χ0) is 19.1. The maximum absolute atomic E-state index is 12.8. The summed E-state index contributed by atoms with van der Waals surface area (Å²) in [5, 5.41) is 10.6. The van der Waals surface area contributed by atoms with E-state index >= 15 is 0 Å². The quantitative estimate of drug-likeness (QED) is 0.810.